The van der Waals surface area contributed by atoms with Crippen molar-refractivity contribution in [3.8, 4) is 12.3 Å². The first kappa shape index (κ1) is 6.12. The maximum Gasteiger partial charge on any atom is 0.0401 e. The molecule has 0 atom stereocenters. The third kappa shape index (κ3) is 1.21. The smallest absolute Gasteiger partial charge is 0.0401 e. The molecule has 9 heavy (non-hydrogen) atoms. The van der Waals surface area contributed by atoms with Crippen LogP contribution in [0.1, 0.15) is 5.56 Å². The van der Waals surface area contributed by atoms with Crippen LogP contribution in [0.3, 0.4) is 0 Å². The third-order valence-electron chi connectivity index (χ3n) is 1.30. The Balaban J connectivity index is 3.20. The minimum Gasteiger partial charge on any atom is -0.115 e. The molecule has 1 aromatic carbocycles. The van der Waals surface area contributed by atoms with Gasteiger partial charge < -0.3 is 0 Å². The van der Waals surface area contributed by atoms with E-state index in [0.717, 1.165) is 15.8 Å². The minimum atomic E-state index is 1.04. The lowest BCUT2D eigenvalue weighted by molar-refractivity contribution is 1.71. The zero-order chi connectivity index (χ0) is 6.69. The molecule has 0 saturated carbocycles. The highest BCUT2D eigenvalue weighted by Crippen LogP contribution is 1.89. The predicted molar refractivity (Wildman–Crippen MR) is 44.0 cm³/mol. The molecule has 0 aliphatic carbocycles. The van der Waals surface area contributed by atoms with Gasteiger partial charge in [0.25, 0.3) is 0 Å². The number of hydrogen-bond acceptors (Lipinski definition) is 0. The van der Waals surface area contributed by atoms with Gasteiger partial charge in [0, 0.05) is 15.8 Å². The van der Waals surface area contributed by atoms with Gasteiger partial charge >= 0.3 is 0 Å². The van der Waals surface area contributed by atoms with Crippen LogP contribution >= 0.6 is 0 Å². The van der Waals surface area contributed by atoms with Gasteiger partial charge in [-0.2, -0.15) is 0 Å². The maximum atomic E-state index is 5.22. The zero-order valence-corrected chi connectivity index (χ0v) is 7.39. The van der Waals surface area contributed by atoms with Crippen molar-refractivity contribution in [3.63, 3.8) is 0 Å². The van der Waals surface area contributed by atoms with Crippen molar-refractivity contribution >= 4 is 15.4 Å². The summed E-state index contributed by atoms with van der Waals surface area (Å²) >= 11 is 0. The summed E-state index contributed by atoms with van der Waals surface area (Å²) in [7, 11) is 1.04. The molecule has 1 rings (SSSR count). The van der Waals surface area contributed by atoms with E-state index in [9.17, 15) is 0 Å². The van der Waals surface area contributed by atoms with E-state index in [1.54, 1.807) is 0 Å². The van der Waals surface area contributed by atoms with Crippen LogP contribution in [0.4, 0.5) is 0 Å². The van der Waals surface area contributed by atoms with Gasteiger partial charge in [0.05, 0.1) is 0 Å². The molecule has 0 fully saturated rings. The second kappa shape index (κ2) is 2.52. The molecule has 0 saturated heterocycles. The van der Waals surface area contributed by atoms with Crippen LogP contribution in [-0.4, -0.2) is 10.2 Å². The molecule has 0 bridgehead atoms. The van der Waals surface area contributed by atoms with Crippen LogP contribution in [0.15, 0.2) is 24.3 Å². The fraction of sp³-hybridized carbons (Fsp3) is 0. The standard InChI is InChI=1S/C8H8Si/c1-2-7-5-3-4-6-8(7)9/h1,3-6H,9H3. The Morgan fingerprint density at radius 1 is 1.33 bits per heavy atom. The first-order valence-corrected chi connectivity index (χ1v) is 3.87. The summed E-state index contributed by atoms with van der Waals surface area (Å²) in [5.74, 6) is 2.63. The van der Waals surface area contributed by atoms with Crippen molar-refractivity contribution in [2.45, 2.75) is 0 Å². The Morgan fingerprint density at radius 2 is 2.00 bits per heavy atom. The van der Waals surface area contributed by atoms with E-state index in [0.29, 0.717) is 0 Å². The first-order valence-electron chi connectivity index (χ1n) is 2.87. The van der Waals surface area contributed by atoms with Gasteiger partial charge in [-0.25, -0.2) is 0 Å². The Bertz CT molecular complexity index is 245. The Morgan fingerprint density at radius 3 is 2.44 bits per heavy atom. The number of hydrogen-bond donors (Lipinski definition) is 0. The largest absolute Gasteiger partial charge is 0.115 e. The van der Waals surface area contributed by atoms with Crippen LogP contribution in [0.25, 0.3) is 0 Å². The van der Waals surface area contributed by atoms with E-state index in [1.807, 2.05) is 18.2 Å². The number of benzene rings is 1. The van der Waals surface area contributed by atoms with E-state index in [1.165, 1.54) is 5.19 Å². The number of rotatable bonds is 0. The highest BCUT2D eigenvalue weighted by Gasteiger charge is 1.87. The van der Waals surface area contributed by atoms with Crippen molar-refractivity contribution in [1.82, 2.24) is 0 Å². The second-order valence-electron chi connectivity index (χ2n) is 1.96. The minimum absolute atomic E-state index is 1.04. The second-order valence-corrected chi connectivity index (χ2v) is 3.04. The van der Waals surface area contributed by atoms with Gasteiger partial charge in [0.15, 0.2) is 0 Å². The molecule has 1 aromatic rings. The molecule has 0 spiro atoms. The summed E-state index contributed by atoms with van der Waals surface area (Å²) in [6, 6.07) is 8.03. The molecule has 0 unspecified atom stereocenters. The molecule has 0 nitrogen and oxygen atoms in total. The fourth-order valence-electron chi connectivity index (χ4n) is 0.735. The molecular formula is C8H8Si. The van der Waals surface area contributed by atoms with E-state index in [2.05, 4.69) is 12.0 Å². The molecule has 0 radical (unpaired) electrons. The predicted octanol–water partition coefficient (Wildman–Crippen LogP) is -0.341. The molecule has 0 heterocycles. The SMILES string of the molecule is C#Cc1ccccc1[SiH3]. The van der Waals surface area contributed by atoms with E-state index in [-0.39, 0.29) is 0 Å². The van der Waals surface area contributed by atoms with Gasteiger partial charge in [-0.05, 0) is 6.07 Å². The lowest BCUT2D eigenvalue weighted by atomic mass is 10.2. The fourth-order valence-corrected chi connectivity index (χ4v) is 1.24. The molecule has 1 heteroatoms. The monoisotopic (exact) mass is 132 g/mol. The molecule has 0 N–H and O–H groups in total. The Kier molecular flexibility index (Phi) is 1.71. The highest BCUT2D eigenvalue weighted by molar-refractivity contribution is 6.33. The lowest BCUT2D eigenvalue weighted by Gasteiger charge is -1.92. The van der Waals surface area contributed by atoms with Crippen LogP contribution in [0.5, 0.6) is 0 Å². The average molecular weight is 132 g/mol. The molecule has 0 aliphatic rings. The molecule has 44 valence electrons. The molecule has 0 aromatic heterocycles. The Labute approximate surface area is 58.3 Å². The van der Waals surface area contributed by atoms with Gasteiger partial charge in [0.2, 0.25) is 0 Å². The molecule has 0 amide bonds. The van der Waals surface area contributed by atoms with Crippen molar-refractivity contribution in [1.29, 1.82) is 0 Å². The molecular weight excluding hydrogens is 124 g/mol. The van der Waals surface area contributed by atoms with Gasteiger partial charge in [-0.3, -0.25) is 0 Å². The van der Waals surface area contributed by atoms with E-state index in [4.69, 9.17) is 6.42 Å². The normalized spacial score (nSPS) is 8.78. The quantitative estimate of drug-likeness (QED) is 0.334. The van der Waals surface area contributed by atoms with Crippen molar-refractivity contribution in [2.75, 3.05) is 0 Å². The highest BCUT2D eigenvalue weighted by atomic mass is 28.1. The Hall–Kier alpha value is -1.00. The van der Waals surface area contributed by atoms with Crippen LogP contribution < -0.4 is 5.19 Å². The summed E-state index contributed by atoms with van der Waals surface area (Å²) in [6.07, 6.45) is 5.22. The van der Waals surface area contributed by atoms with Crippen LogP contribution in [0.2, 0.25) is 0 Å². The summed E-state index contributed by atoms with van der Waals surface area (Å²) in [5, 5.41) is 1.31. The number of terminal acetylenes is 1. The van der Waals surface area contributed by atoms with Gasteiger partial charge in [-0.15, -0.1) is 6.42 Å². The maximum absolute atomic E-state index is 5.22. The summed E-state index contributed by atoms with van der Waals surface area (Å²) < 4.78 is 0. The third-order valence-corrected chi connectivity index (χ3v) is 2.17. The van der Waals surface area contributed by atoms with Crippen LogP contribution in [0, 0.1) is 12.3 Å². The molecule has 0 aliphatic heterocycles. The zero-order valence-electron chi connectivity index (χ0n) is 5.39. The summed E-state index contributed by atoms with van der Waals surface area (Å²) in [5.41, 5.74) is 1.05. The lowest BCUT2D eigenvalue weighted by Crippen LogP contribution is -2.05. The topological polar surface area (TPSA) is 0 Å². The van der Waals surface area contributed by atoms with Crippen molar-refractivity contribution in [3.05, 3.63) is 29.8 Å². The first-order chi connectivity index (χ1) is 4.34. The van der Waals surface area contributed by atoms with Crippen molar-refractivity contribution < 1.29 is 0 Å². The van der Waals surface area contributed by atoms with E-state index >= 15 is 0 Å². The average Bonchev–Trinajstić information content (AvgIpc) is 1.89. The van der Waals surface area contributed by atoms with Gasteiger partial charge in [0.1, 0.15) is 0 Å². The summed E-state index contributed by atoms with van der Waals surface area (Å²) in [4.78, 5) is 0. The van der Waals surface area contributed by atoms with Crippen molar-refractivity contribution in [2.24, 2.45) is 0 Å². The van der Waals surface area contributed by atoms with E-state index < -0.39 is 0 Å². The van der Waals surface area contributed by atoms with Gasteiger partial charge in [-0.1, -0.05) is 29.3 Å². The summed E-state index contributed by atoms with van der Waals surface area (Å²) in [6.45, 7) is 0. The van der Waals surface area contributed by atoms with Crippen LogP contribution in [-0.2, 0) is 0 Å².